The van der Waals surface area contributed by atoms with E-state index in [4.69, 9.17) is 10.3 Å². The molecule has 0 radical (unpaired) electrons. The van der Waals surface area contributed by atoms with Crippen molar-refractivity contribution < 1.29 is 19.9 Å². The summed E-state index contributed by atoms with van der Waals surface area (Å²) in [5.41, 5.74) is 0. The molecule has 1 saturated heterocycles. The lowest BCUT2D eigenvalue weighted by Crippen LogP contribution is -2.50. The number of hydrogen-bond acceptors (Lipinski definition) is 7. The minimum absolute atomic E-state index is 0.112. The number of carbonyl (C=O) groups excluding carboxylic acids is 2. The fourth-order valence-corrected chi connectivity index (χ4v) is 2.67. The van der Waals surface area contributed by atoms with Gasteiger partial charge in [0.25, 0.3) is 0 Å². The van der Waals surface area contributed by atoms with Crippen LogP contribution in [0.2, 0.25) is 0 Å². The van der Waals surface area contributed by atoms with Crippen molar-refractivity contribution in [2.45, 2.75) is 19.3 Å². The molecule has 0 aromatic rings. The van der Waals surface area contributed by atoms with Crippen molar-refractivity contribution in [3.63, 3.8) is 0 Å². The van der Waals surface area contributed by atoms with Gasteiger partial charge in [-0.1, -0.05) is 0 Å². The molecule has 1 aliphatic heterocycles. The zero-order valence-electron chi connectivity index (χ0n) is 15.0. The van der Waals surface area contributed by atoms with Gasteiger partial charge in [0.1, 0.15) is 5.78 Å². The lowest BCUT2D eigenvalue weighted by molar-refractivity contribution is -0.133. The van der Waals surface area contributed by atoms with E-state index in [0.29, 0.717) is 58.7 Å². The monoisotopic (exact) mass is 344 g/mol. The summed E-state index contributed by atoms with van der Waals surface area (Å²) >= 11 is 0. The van der Waals surface area contributed by atoms with Crippen LogP contribution in [0.25, 0.3) is 0 Å². The van der Waals surface area contributed by atoms with Gasteiger partial charge in [-0.2, -0.15) is 5.06 Å². The van der Waals surface area contributed by atoms with Gasteiger partial charge in [0.2, 0.25) is 5.91 Å². The van der Waals surface area contributed by atoms with Gasteiger partial charge in [0, 0.05) is 72.3 Å². The number of rotatable bonds is 11. The molecule has 140 valence electrons. The Hall–Kier alpha value is -1.06. The predicted molar refractivity (Wildman–Crippen MR) is 90.9 cm³/mol. The van der Waals surface area contributed by atoms with Crippen LogP contribution in [0.15, 0.2) is 0 Å². The van der Waals surface area contributed by atoms with Crippen molar-refractivity contribution in [2.24, 2.45) is 0 Å². The maximum atomic E-state index is 12.2. The topological polar surface area (TPSA) is 87.6 Å². The van der Waals surface area contributed by atoms with Crippen LogP contribution in [-0.4, -0.2) is 115 Å². The third-order valence-corrected chi connectivity index (χ3v) is 4.24. The van der Waals surface area contributed by atoms with Crippen molar-refractivity contribution in [2.75, 3.05) is 73.1 Å². The number of amides is 1. The van der Waals surface area contributed by atoms with Gasteiger partial charge < -0.3 is 20.1 Å². The van der Waals surface area contributed by atoms with Crippen LogP contribution in [0.3, 0.4) is 0 Å². The molecule has 0 atom stereocenters. The van der Waals surface area contributed by atoms with Gasteiger partial charge in [-0.3, -0.25) is 14.5 Å². The molecule has 0 aromatic carbocycles. The van der Waals surface area contributed by atoms with E-state index in [1.54, 1.807) is 0 Å². The summed E-state index contributed by atoms with van der Waals surface area (Å²) in [6, 6.07) is 0. The molecule has 1 aliphatic rings. The summed E-state index contributed by atoms with van der Waals surface area (Å²) in [4.78, 5) is 30.0. The molecule has 1 rings (SSSR count). The highest BCUT2D eigenvalue weighted by Gasteiger charge is 2.22. The first-order valence-corrected chi connectivity index (χ1v) is 8.63. The molecule has 0 aromatic heterocycles. The average Bonchev–Trinajstić information content (AvgIpc) is 2.56. The van der Waals surface area contributed by atoms with Crippen molar-refractivity contribution >= 4 is 11.7 Å². The second-order valence-electron chi connectivity index (χ2n) is 6.46. The Morgan fingerprint density at radius 1 is 1.00 bits per heavy atom. The Labute approximate surface area is 144 Å². The van der Waals surface area contributed by atoms with E-state index in [2.05, 4.69) is 9.80 Å². The molecule has 1 fully saturated rings. The number of hydroxylamine groups is 2. The molecule has 0 unspecified atom stereocenters. The molecule has 1 amide bonds. The zero-order chi connectivity index (χ0) is 17.9. The molecular formula is C16H32N4O4. The van der Waals surface area contributed by atoms with E-state index in [1.165, 1.54) is 7.05 Å². The fourth-order valence-electron chi connectivity index (χ4n) is 2.67. The Morgan fingerprint density at radius 3 is 2.25 bits per heavy atom. The Balaban J connectivity index is 2.20. The SMILES string of the molecule is CN(O)CCC(=O)CN1CCN(C(=O)CCN(C)CCCO)CC1. The largest absolute Gasteiger partial charge is 0.396 e. The Bertz CT molecular complexity index is 384. The summed E-state index contributed by atoms with van der Waals surface area (Å²) in [5.74, 6) is 0.264. The van der Waals surface area contributed by atoms with E-state index in [9.17, 15) is 9.59 Å². The minimum Gasteiger partial charge on any atom is -0.396 e. The number of hydrogen-bond donors (Lipinski definition) is 2. The quantitative estimate of drug-likeness (QED) is 0.470. The number of piperazine rings is 1. The van der Waals surface area contributed by atoms with Crippen molar-refractivity contribution in [1.82, 2.24) is 19.8 Å². The molecule has 8 heteroatoms. The van der Waals surface area contributed by atoms with Crippen LogP contribution in [-0.2, 0) is 9.59 Å². The lowest BCUT2D eigenvalue weighted by Gasteiger charge is -2.34. The van der Waals surface area contributed by atoms with Crippen molar-refractivity contribution in [3.05, 3.63) is 0 Å². The smallest absolute Gasteiger partial charge is 0.223 e. The molecule has 0 bridgehead atoms. The third-order valence-electron chi connectivity index (χ3n) is 4.24. The zero-order valence-corrected chi connectivity index (χ0v) is 15.0. The molecule has 0 spiro atoms. The van der Waals surface area contributed by atoms with E-state index >= 15 is 0 Å². The van der Waals surface area contributed by atoms with Gasteiger partial charge in [0.05, 0.1) is 6.54 Å². The molecule has 0 saturated carbocycles. The van der Waals surface area contributed by atoms with Crippen molar-refractivity contribution in [3.8, 4) is 0 Å². The van der Waals surface area contributed by atoms with Crippen LogP contribution in [0.4, 0.5) is 0 Å². The highest BCUT2D eigenvalue weighted by Crippen LogP contribution is 2.05. The van der Waals surface area contributed by atoms with Crippen LogP contribution >= 0.6 is 0 Å². The van der Waals surface area contributed by atoms with Crippen LogP contribution < -0.4 is 0 Å². The van der Waals surface area contributed by atoms with E-state index in [1.807, 2.05) is 11.9 Å². The fraction of sp³-hybridized carbons (Fsp3) is 0.875. The number of aliphatic hydroxyl groups is 1. The van der Waals surface area contributed by atoms with Crippen LogP contribution in [0, 0.1) is 0 Å². The Morgan fingerprint density at radius 2 is 1.67 bits per heavy atom. The van der Waals surface area contributed by atoms with Gasteiger partial charge >= 0.3 is 0 Å². The number of aliphatic hydroxyl groups excluding tert-OH is 1. The second-order valence-corrected chi connectivity index (χ2v) is 6.46. The highest BCUT2D eigenvalue weighted by molar-refractivity contribution is 5.80. The van der Waals surface area contributed by atoms with Gasteiger partial charge in [-0.05, 0) is 13.5 Å². The third kappa shape index (κ3) is 8.70. The normalized spacial score (nSPS) is 16.2. The number of ketones is 1. The highest BCUT2D eigenvalue weighted by atomic mass is 16.5. The lowest BCUT2D eigenvalue weighted by atomic mass is 10.2. The predicted octanol–water partition coefficient (Wildman–Crippen LogP) is -0.885. The summed E-state index contributed by atoms with van der Waals surface area (Å²) in [6.07, 6.45) is 1.56. The molecule has 8 nitrogen and oxygen atoms in total. The summed E-state index contributed by atoms with van der Waals surface area (Å²) < 4.78 is 0. The first-order chi connectivity index (χ1) is 11.4. The van der Waals surface area contributed by atoms with Crippen LogP contribution in [0.1, 0.15) is 19.3 Å². The maximum absolute atomic E-state index is 12.2. The molecule has 0 aliphatic carbocycles. The summed E-state index contributed by atoms with van der Waals surface area (Å²) in [6.45, 7) is 5.15. The van der Waals surface area contributed by atoms with Crippen molar-refractivity contribution in [1.29, 1.82) is 0 Å². The van der Waals surface area contributed by atoms with Crippen LogP contribution in [0.5, 0.6) is 0 Å². The number of carbonyl (C=O) groups is 2. The Kier molecular flexibility index (Phi) is 10.0. The molecular weight excluding hydrogens is 312 g/mol. The summed E-state index contributed by atoms with van der Waals surface area (Å²) in [5, 5.41) is 18.9. The van der Waals surface area contributed by atoms with E-state index < -0.39 is 0 Å². The minimum atomic E-state index is 0.112. The average molecular weight is 344 g/mol. The second kappa shape index (κ2) is 11.5. The maximum Gasteiger partial charge on any atom is 0.223 e. The van der Waals surface area contributed by atoms with Gasteiger partial charge in [-0.15, -0.1) is 0 Å². The van der Waals surface area contributed by atoms with Gasteiger partial charge in [-0.25, -0.2) is 0 Å². The van der Waals surface area contributed by atoms with E-state index in [-0.39, 0.29) is 18.3 Å². The summed E-state index contributed by atoms with van der Waals surface area (Å²) in [7, 11) is 3.48. The first kappa shape index (κ1) is 21.0. The van der Waals surface area contributed by atoms with E-state index in [0.717, 1.165) is 18.0 Å². The standard InChI is InChI=1S/C16H32N4O4/c1-17(6-3-13-21)7-5-16(23)20-11-9-19(10-12-20)14-15(22)4-8-18(2)24/h21,24H,3-14H2,1-2H3. The molecule has 1 heterocycles. The number of Topliss-reactive ketones (excluding diaryl/α,β-unsaturated/α-hetero) is 1. The number of nitrogens with zero attached hydrogens (tertiary/aromatic N) is 4. The molecule has 2 N–H and O–H groups in total. The van der Waals surface area contributed by atoms with Gasteiger partial charge in [0.15, 0.2) is 0 Å². The molecule has 24 heavy (non-hydrogen) atoms. The first-order valence-electron chi connectivity index (χ1n) is 8.63.